The first kappa shape index (κ1) is 18.3. The maximum absolute atomic E-state index is 12.8. The van der Waals surface area contributed by atoms with Gasteiger partial charge in [-0.15, -0.1) is 0 Å². The van der Waals surface area contributed by atoms with E-state index < -0.39 is 4.83 Å². The number of alkyl halides is 3. The molecule has 0 amide bonds. The van der Waals surface area contributed by atoms with Crippen molar-refractivity contribution in [1.82, 2.24) is 20.3 Å². The number of H-pyrrole nitrogens is 1. The van der Waals surface area contributed by atoms with Gasteiger partial charge in [-0.1, -0.05) is 0 Å². The molecule has 1 fully saturated rings. The van der Waals surface area contributed by atoms with E-state index in [1.165, 1.54) is 6.33 Å². The van der Waals surface area contributed by atoms with Gasteiger partial charge in [0.15, 0.2) is 0 Å². The van der Waals surface area contributed by atoms with Crippen molar-refractivity contribution in [1.29, 1.82) is 5.53 Å². The van der Waals surface area contributed by atoms with Crippen molar-refractivity contribution in [2.45, 2.75) is 36.6 Å². The van der Waals surface area contributed by atoms with Crippen LogP contribution in [0.2, 0.25) is 0 Å². The lowest BCUT2D eigenvalue weighted by atomic mass is 9.77. The Morgan fingerprint density at radius 2 is 2.12 bits per heavy atom. The van der Waals surface area contributed by atoms with Crippen LogP contribution < -0.4 is 5.32 Å². The lowest BCUT2D eigenvalue weighted by molar-refractivity contribution is 0.110. The Morgan fingerprint density at radius 1 is 1.36 bits per heavy atom. The lowest BCUT2D eigenvalue weighted by Gasteiger charge is -2.31. The normalized spacial score (nSPS) is 22.8. The molecule has 6 nitrogen and oxygen atoms in total. The molecule has 2 heterocycles. The van der Waals surface area contributed by atoms with Crippen molar-refractivity contribution in [3.05, 3.63) is 24.3 Å². The maximum atomic E-state index is 12.8. The van der Waals surface area contributed by atoms with Gasteiger partial charge < -0.3 is 10.3 Å². The predicted octanol–water partition coefficient (Wildman–Crippen LogP) is 4.41. The summed E-state index contributed by atoms with van der Waals surface area (Å²) in [6.07, 6.45) is 7.03. The highest BCUT2D eigenvalue weighted by atomic mass is 79.9. The maximum Gasteiger partial charge on any atom is 0.313 e. The quantitative estimate of drug-likeness (QED) is 0.462. The van der Waals surface area contributed by atoms with E-state index in [1.54, 1.807) is 0 Å². The predicted molar refractivity (Wildman–Crippen MR) is 94.0 cm³/mol. The average molecular weight is 415 g/mol. The molecule has 3 rings (SSSR count). The molecule has 2 aromatic rings. The van der Waals surface area contributed by atoms with Crippen LogP contribution in [0.3, 0.4) is 0 Å². The number of hydrogen-bond donors (Lipinski definition) is 3. The Balaban J connectivity index is 1.59. The second kappa shape index (κ2) is 7.82. The van der Waals surface area contributed by atoms with Gasteiger partial charge in [0.1, 0.15) is 18.0 Å². The summed E-state index contributed by atoms with van der Waals surface area (Å²) in [6.45, 7) is 0.232. The van der Waals surface area contributed by atoms with Crippen molar-refractivity contribution in [2.75, 3.05) is 13.1 Å². The second-order valence-corrected chi connectivity index (χ2v) is 7.76. The number of aromatic nitrogens is 3. The van der Waals surface area contributed by atoms with Gasteiger partial charge in [0, 0.05) is 11.6 Å². The molecular weight excluding hydrogens is 394 g/mol. The Bertz CT molecular complexity index is 708. The van der Waals surface area contributed by atoms with Gasteiger partial charge >= 0.3 is 4.83 Å². The fourth-order valence-electron chi connectivity index (χ4n) is 3.64. The van der Waals surface area contributed by atoms with Crippen molar-refractivity contribution < 1.29 is 8.78 Å². The Hall–Kier alpha value is -1.48. The molecule has 0 saturated heterocycles. The van der Waals surface area contributed by atoms with Crippen molar-refractivity contribution >= 4 is 27.0 Å². The third kappa shape index (κ3) is 4.58. The number of fused-ring (bicyclic) bond motifs is 1. The monoisotopic (exact) mass is 414 g/mol. The second-order valence-electron chi connectivity index (χ2n) is 6.60. The third-order valence-corrected chi connectivity index (χ3v) is 5.18. The summed E-state index contributed by atoms with van der Waals surface area (Å²) in [5.41, 5.74) is 9.20. The summed E-state index contributed by atoms with van der Waals surface area (Å²) in [6, 6.07) is 1.64. The highest BCUT2D eigenvalue weighted by Crippen LogP contribution is 2.39. The van der Waals surface area contributed by atoms with E-state index >= 15 is 0 Å². The van der Waals surface area contributed by atoms with Gasteiger partial charge in [0.2, 0.25) is 0 Å². The molecule has 9 heteroatoms. The fraction of sp³-hybridized carbons (Fsp3) is 0.625. The Kier molecular flexibility index (Phi) is 5.73. The van der Waals surface area contributed by atoms with Crippen LogP contribution in [0.15, 0.2) is 23.7 Å². The molecule has 1 unspecified atom stereocenters. The minimum absolute atomic E-state index is 0.249. The molecular formula is C16H21BrF2N6. The number of nitrogens with zero attached hydrogens (tertiary/aromatic N) is 3. The topological polar surface area (TPSA) is 89.8 Å². The first-order valence-electron chi connectivity index (χ1n) is 8.40. The van der Waals surface area contributed by atoms with Crippen LogP contribution in [0, 0.1) is 17.4 Å². The zero-order valence-corrected chi connectivity index (χ0v) is 15.3. The van der Waals surface area contributed by atoms with E-state index in [4.69, 9.17) is 5.53 Å². The van der Waals surface area contributed by atoms with Crippen LogP contribution in [0.4, 0.5) is 8.78 Å². The van der Waals surface area contributed by atoms with E-state index in [-0.39, 0.29) is 18.5 Å². The summed E-state index contributed by atoms with van der Waals surface area (Å²) in [5.74, 6) is 0.634. The molecule has 136 valence electrons. The number of halogens is 3. The van der Waals surface area contributed by atoms with E-state index in [2.05, 4.69) is 41.3 Å². The van der Waals surface area contributed by atoms with Crippen molar-refractivity contribution in [3.63, 3.8) is 0 Å². The average Bonchev–Trinajstić information content (AvgIpc) is 3.05. The highest BCUT2D eigenvalue weighted by molar-refractivity contribution is 9.10. The number of nitrogens with one attached hydrogen (secondary N) is 3. The molecule has 1 saturated carbocycles. The number of rotatable bonds is 7. The van der Waals surface area contributed by atoms with E-state index in [9.17, 15) is 8.78 Å². The first-order chi connectivity index (χ1) is 12.0. The molecule has 2 aromatic heterocycles. The standard InChI is InChI=1S/C16H21BrF2N6/c17-16(18,19)8-21-7-10-1-3-11(4-2-10)13(25-20)14-12-5-6-22-15(12)24-9-23-14/h5-6,9-11,13,20-21H,1-4,7-8H2,(H,22,23,24). The van der Waals surface area contributed by atoms with Crippen LogP contribution in [-0.4, -0.2) is 32.9 Å². The van der Waals surface area contributed by atoms with Gasteiger partial charge in [-0.25, -0.2) is 15.5 Å². The molecule has 0 radical (unpaired) electrons. The van der Waals surface area contributed by atoms with Crippen LogP contribution in [-0.2, 0) is 0 Å². The van der Waals surface area contributed by atoms with Gasteiger partial charge in [-0.3, -0.25) is 0 Å². The smallest absolute Gasteiger partial charge is 0.313 e. The van der Waals surface area contributed by atoms with E-state index in [0.717, 1.165) is 42.4 Å². The van der Waals surface area contributed by atoms with Crippen LogP contribution in [0.25, 0.3) is 11.0 Å². The molecule has 25 heavy (non-hydrogen) atoms. The summed E-state index contributed by atoms with van der Waals surface area (Å²) in [7, 11) is 0. The summed E-state index contributed by atoms with van der Waals surface area (Å²) in [4.78, 5) is 8.77. The SMILES string of the molecule is N=NC(c1ncnc2[nH]ccc12)C1CCC(CNCC(F)(F)Br)CC1. The molecule has 1 aliphatic carbocycles. The summed E-state index contributed by atoms with van der Waals surface area (Å²) in [5, 5.41) is 7.59. The van der Waals surface area contributed by atoms with Gasteiger partial charge in [0.25, 0.3) is 0 Å². The first-order valence-corrected chi connectivity index (χ1v) is 9.19. The van der Waals surface area contributed by atoms with Crippen molar-refractivity contribution in [2.24, 2.45) is 17.0 Å². The minimum atomic E-state index is -2.85. The summed E-state index contributed by atoms with van der Waals surface area (Å²) < 4.78 is 25.6. The molecule has 1 aliphatic rings. The highest BCUT2D eigenvalue weighted by Gasteiger charge is 2.31. The van der Waals surface area contributed by atoms with E-state index in [1.807, 2.05) is 12.3 Å². The van der Waals surface area contributed by atoms with Crippen LogP contribution in [0.5, 0.6) is 0 Å². The molecule has 0 bridgehead atoms. The zero-order valence-electron chi connectivity index (χ0n) is 13.7. The minimum Gasteiger partial charge on any atom is -0.346 e. The van der Waals surface area contributed by atoms with Crippen molar-refractivity contribution in [3.8, 4) is 0 Å². The van der Waals surface area contributed by atoms with Crippen LogP contribution in [0.1, 0.15) is 37.4 Å². The molecule has 0 aliphatic heterocycles. The molecule has 1 atom stereocenters. The van der Waals surface area contributed by atoms with Gasteiger partial charge in [-0.05, 0) is 66.1 Å². The molecule has 0 aromatic carbocycles. The molecule has 3 N–H and O–H groups in total. The summed E-state index contributed by atoms with van der Waals surface area (Å²) >= 11 is 2.34. The lowest BCUT2D eigenvalue weighted by Crippen LogP contribution is -2.33. The number of aromatic amines is 1. The van der Waals surface area contributed by atoms with Crippen LogP contribution >= 0.6 is 15.9 Å². The largest absolute Gasteiger partial charge is 0.346 e. The number of hydrogen-bond acceptors (Lipinski definition) is 5. The molecule has 0 spiro atoms. The third-order valence-electron chi connectivity index (χ3n) is 4.90. The zero-order chi connectivity index (χ0) is 17.9. The van der Waals surface area contributed by atoms with Gasteiger partial charge in [0.05, 0.1) is 12.2 Å². The van der Waals surface area contributed by atoms with Gasteiger partial charge in [-0.2, -0.15) is 13.9 Å². The Morgan fingerprint density at radius 3 is 2.80 bits per heavy atom. The van der Waals surface area contributed by atoms with E-state index in [0.29, 0.717) is 12.5 Å². The Labute approximate surface area is 152 Å². The fourth-order valence-corrected chi connectivity index (χ4v) is 3.84.